The van der Waals surface area contributed by atoms with E-state index >= 15 is 0 Å². The summed E-state index contributed by atoms with van der Waals surface area (Å²) in [6, 6.07) is 17.0. The highest BCUT2D eigenvalue weighted by molar-refractivity contribution is 5.97. The van der Waals surface area contributed by atoms with Gasteiger partial charge in [-0.25, -0.2) is 9.59 Å². The van der Waals surface area contributed by atoms with E-state index in [0.29, 0.717) is 12.5 Å². The second-order valence-corrected chi connectivity index (χ2v) is 11.2. The molecular formula is C33H38F6N4O5. The lowest BCUT2D eigenvalue weighted by Gasteiger charge is -2.29. The van der Waals surface area contributed by atoms with Crippen molar-refractivity contribution in [3.05, 3.63) is 78.4 Å². The average Bonchev–Trinajstić information content (AvgIpc) is 3.85. The molecule has 0 spiro atoms. The zero-order valence-electron chi connectivity index (χ0n) is 26.5. The maximum atomic E-state index is 13.6. The zero-order chi connectivity index (χ0) is 36.2. The minimum Gasteiger partial charge on any atom is -0.475 e. The van der Waals surface area contributed by atoms with Crippen LogP contribution < -0.4 is 10.6 Å². The van der Waals surface area contributed by atoms with E-state index in [1.165, 1.54) is 11.1 Å². The first-order valence-electron chi connectivity index (χ1n) is 15.0. The molecule has 0 bridgehead atoms. The highest BCUT2D eigenvalue weighted by Gasteiger charge is 2.47. The third-order valence-corrected chi connectivity index (χ3v) is 7.59. The summed E-state index contributed by atoms with van der Waals surface area (Å²) in [5.41, 5.74) is 12.0. The van der Waals surface area contributed by atoms with E-state index in [1.807, 2.05) is 4.90 Å². The van der Waals surface area contributed by atoms with Gasteiger partial charge in [0.05, 0.1) is 5.69 Å². The predicted octanol–water partition coefficient (Wildman–Crippen LogP) is 6.87. The fourth-order valence-corrected chi connectivity index (χ4v) is 4.50. The number of nitrogens with two attached hydrogens (primary N) is 1. The van der Waals surface area contributed by atoms with Crippen molar-refractivity contribution in [1.82, 2.24) is 9.97 Å². The number of hydrogen-bond donors (Lipinski definition) is 3. The zero-order valence-corrected chi connectivity index (χ0v) is 26.5. The Morgan fingerprint density at radius 2 is 1.40 bits per heavy atom. The van der Waals surface area contributed by atoms with E-state index < -0.39 is 24.3 Å². The number of aliphatic carboxylic acids is 2. The molecule has 2 aromatic carbocycles. The van der Waals surface area contributed by atoms with Crippen molar-refractivity contribution < 1.29 is 50.9 Å². The van der Waals surface area contributed by atoms with Gasteiger partial charge in [-0.05, 0) is 47.6 Å². The molecule has 3 aromatic rings. The molecule has 1 heterocycles. The smallest absolute Gasteiger partial charge is 0.475 e. The van der Waals surface area contributed by atoms with Crippen LogP contribution in [0.4, 0.5) is 32.0 Å². The van der Waals surface area contributed by atoms with Crippen molar-refractivity contribution >= 4 is 23.5 Å². The molecule has 48 heavy (non-hydrogen) atoms. The number of anilines is 1. The number of halogens is 6. The minimum atomic E-state index is -5.08. The molecule has 0 aliphatic heterocycles. The number of hydrogen-bond acceptors (Lipinski definition) is 6. The number of amides is 1. The number of carbonyl (C=O) groups excluding carboxylic acids is 1. The van der Waals surface area contributed by atoms with Crippen LogP contribution >= 0.6 is 0 Å². The summed E-state index contributed by atoms with van der Waals surface area (Å²) < 4.78 is 63.5. The Morgan fingerprint density at radius 3 is 1.81 bits per heavy atom. The van der Waals surface area contributed by atoms with Crippen molar-refractivity contribution in [2.75, 3.05) is 11.4 Å². The van der Waals surface area contributed by atoms with Gasteiger partial charge >= 0.3 is 24.3 Å². The number of benzene rings is 2. The summed E-state index contributed by atoms with van der Waals surface area (Å²) in [4.78, 5) is 41.9. The Morgan fingerprint density at radius 1 is 0.896 bits per heavy atom. The first-order valence-corrected chi connectivity index (χ1v) is 15.0. The van der Waals surface area contributed by atoms with E-state index in [4.69, 9.17) is 25.5 Å². The summed E-state index contributed by atoms with van der Waals surface area (Å²) in [6.07, 6.45) is -0.985. The lowest BCUT2D eigenvalue weighted by atomic mass is 9.98. The third-order valence-electron chi connectivity index (χ3n) is 7.59. The van der Waals surface area contributed by atoms with Gasteiger partial charge in [-0.2, -0.15) is 26.3 Å². The largest absolute Gasteiger partial charge is 0.490 e. The van der Waals surface area contributed by atoms with Crippen LogP contribution in [0.2, 0.25) is 0 Å². The van der Waals surface area contributed by atoms with E-state index in [0.717, 1.165) is 42.6 Å². The van der Waals surface area contributed by atoms with Crippen LogP contribution in [-0.4, -0.2) is 63.0 Å². The van der Waals surface area contributed by atoms with Crippen LogP contribution in [0.25, 0.3) is 11.1 Å². The summed E-state index contributed by atoms with van der Waals surface area (Å²) in [5, 5.41) is 14.2. The van der Waals surface area contributed by atoms with Crippen molar-refractivity contribution in [2.45, 2.75) is 70.8 Å². The van der Waals surface area contributed by atoms with Crippen molar-refractivity contribution in [3.8, 4) is 11.1 Å². The van der Waals surface area contributed by atoms with Gasteiger partial charge in [0.2, 0.25) is 5.91 Å². The second kappa shape index (κ2) is 17.6. The fourth-order valence-electron chi connectivity index (χ4n) is 4.50. The number of alkyl halides is 6. The maximum absolute atomic E-state index is 13.6. The van der Waals surface area contributed by atoms with Crippen molar-refractivity contribution in [1.29, 1.82) is 0 Å². The van der Waals surface area contributed by atoms with Gasteiger partial charge in [-0.3, -0.25) is 14.8 Å². The molecule has 4 rings (SSSR count). The molecule has 0 radical (unpaired) electrons. The lowest BCUT2D eigenvalue weighted by molar-refractivity contribution is -0.193. The van der Waals surface area contributed by atoms with E-state index in [9.17, 15) is 31.1 Å². The van der Waals surface area contributed by atoms with Gasteiger partial charge in [0.25, 0.3) is 0 Å². The molecule has 1 amide bonds. The molecule has 4 N–H and O–H groups in total. The van der Waals surface area contributed by atoms with Gasteiger partial charge in [0, 0.05) is 48.7 Å². The Hall–Kier alpha value is -4.53. The Kier molecular flexibility index (Phi) is 14.5. The number of carboxylic acid groups (broad SMARTS) is 2. The van der Waals surface area contributed by atoms with Crippen LogP contribution in [0, 0.1) is 11.8 Å². The number of aromatic nitrogens is 2. The molecule has 1 fully saturated rings. The maximum Gasteiger partial charge on any atom is 0.490 e. The molecule has 0 saturated heterocycles. The molecule has 1 aliphatic rings. The number of nitrogens with zero attached hydrogens (tertiary/aromatic N) is 3. The third kappa shape index (κ3) is 12.2. The summed E-state index contributed by atoms with van der Waals surface area (Å²) in [6.45, 7) is 7.01. The van der Waals surface area contributed by atoms with Crippen LogP contribution in [0.3, 0.4) is 0 Å². The predicted molar refractivity (Wildman–Crippen MR) is 166 cm³/mol. The molecule has 1 saturated carbocycles. The number of rotatable bonds is 10. The molecular weight excluding hydrogens is 646 g/mol. The molecule has 1 aromatic heterocycles. The summed E-state index contributed by atoms with van der Waals surface area (Å²) >= 11 is 0. The topological polar surface area (TPSA) is 147 Å². The van der Waals surface area contributed by atoms with Crippen LogP contribution in [0.15, 0.2) is 67.1 Å². The van der Waals surface area contributed by atoms with E-state index in [1.54, 1.807) is 18.6 Å². The SMILES string of the molecule is CCCc1ccc(-c2ccc(N(C[C@@H](N)[C@@H](C)CC)C(=O)[C@@H]3C[C@H]3c3cnccn3)cc2)cc1.O=C(O)C(F)(F)F.O=C(O)C(F)(F)F. The highest BCUT2D eigenvalue weighted by atomic mass is 19.4. The normalized spacial score (nSPS) is 16.6. The van der Waals surface area contributed by atoms with Gasteiger partial charge in [-0.15, -0.1) is 0 Å². The first kappa shape index (κ1) is 39.6. The van der Waals surface area contributed by atoms with Crippen molar-refractivity contribution in [2.24, 2.45) is 17.6 Å². The Balaban J connectivity index is 0.000000479. The number of carbonyl (C=O) groups is 3. The molecule has 1 aliphatic carbocycles. The van der Waals surface area contributed by atoms with E-state index in [2.05, 4.69) is 79.3 Å². The van der Waals surface area contributed by atoms with Gasteiger partial charge in [0.15, 0.2) is 0 Å². The molecule has 262 valence electrons. The Labute approximate surface area is 273 Å². The van der Waals surface area contributed by atoms with Gasteiger partial charge in [0.1, 0.15) is 0 Å². The molecule has 15 heteroatoms. The minimum absolute atomic E-state index is 0.0633. The summed E-state index contributed by atoms with van der Waals surface area (Å²) in [5.74, 6) is -4.96. The van der Waals surface area contributed by atoms with Gasteiger partial charge < -0.3 is 20.8 Å². The molecule has 0 unspecified atom stereocenters. The number of aryl methyl sites for hydroxylation is 1. The monoisotopic (exact) mass is 684 g/mol. The fraction of sp³-hybridized carbons (Fsp3) is 0.424. The van der Waals surface area contributed by atoms with Crippen LogP contribution in [-0.2, 0) is 20.8 Å². The molecule has 4 atom stereocenters. The van der Waals surface area contributed by atoms with Gasteiger partial charge in [-0.1, -0.05) is 70.0 Å². The van der Waals surface area contributed by atoms with E-state index in [-0.39, 0.29) is 23.8 Å². The highest BCUT2D eigenvalue weighted by Crippen LogP contribution is 2.48. The number of carboxylic acids is 2. The second-order valence-electron chi connectivity index (χ2n) is 11.2. The first-order chi connectivity index (χ1) is 22.4. The van der Waals surface area contributed by atoms with Crippen LogP contribution in [0.1, 0.15) is 57.2 Å². The standard InChI is InChI=1S/C29H36N4O.2C2HF3O2/c1-4-6-21-7-9-22(10-8-21)23-11-13-24(14-12-23)33(19-27(30)20(3)5-2)29(34)26-17-25(26)28-18-31-15-16-32-28;2*3-2(4,5)1(6)7/h7-16,18,20,25-27H,4-6,17,19,30H2,1-3H3;2*(H,6,7)/t20-,25+,26+,27+;;/m0../s1. The quantitative estimate of drug-likeness (QED) is 0.196. The van der Waals surface area contributed by atoms with Crippen LogP contribution in [0.5, 0.6) is 0 Å². The Bertz CT molecular complexity index is 1450. The molecule has 9 nitrogen and oxygen atoms in total. The summed E-state index contributed by atoms with van der Waals surface area (Å²) in [7, 11) is 0. The lowest BCUT2D eigenvalue weighted by Crippen LogP contribution is -2.45. The average molecular weight is 685 g/mol. The van der Waals surface area contributed by atoms with Crippen molar-refractivity contribution in [3.63, 3.8) is 0 Å².